The molecule has 1 heterocycles. The lowest BCUT2D eigenvalue weighted by Crippen LogP contribution is -2.17. The van der Waals surface area contributed by atoms with E-state index in [0.717, 1.165) is 30.3 Å². The molecule has 0 saturated carbocycles. The van der Waals surface area contributed by atoms with Crippen molar-refractivity contribution in [2.45, 2.75) is 13.1 Å². The summed E-state index contributed by atoms with van der Waals surface area (Å²) in [5.41, 5.74) is -3.33. The Morgan fingerprint density at radius 2 is 1.81 bits per heavy atom. The molecule has 9 heteroatoms. The number of aromatic hydroxyl groups is 1. The molecule has 0 aliphatic rings. The Morgan fingerprint density at radius 1 is 1.15 bits per heavy atom. The molecule has 0 aliphatic carbocycles. The molecule has 3 aromatic rings. The van der Waals surface area contributed by atoms with Crippen molar-refractivity contribution in [1.29, 1.82) is 0 Å². The van der Waals surface area contributed by atoms with Gasteiger partial charge in [-0.25, -0.2) is 4.79 Å². The summed E-state index contributed by atoms with van der Waals surface area (Å²) < 4.78 is 59.2. The van der Waals surface area contributed by atoms with Crippen molar-refractivity contribution in [3.05, 3.63) is 63.3 Å². The van der Waals surface area contributed by atoms with Crippen LogP contribution >= 0.6 is 0 Å². The number of carbonyl (C=O) groups is 1. The van der Waals surface area contributed by atoms with Gasteiger partial charge in [0.1, 0.15) is 0 Å². The maximum atomic E-state index is 14.0. The minimum atomic E-state index is -5.14. The molecule has 140 valence electrons. The molecule has 3 rings (SSSR count). The van der Waals surface area contributed by atoms with Crippen LogP contribution in [0.25, 0.3) is 22.1 Å². The van der Waals surface area contributed by atoms with E-state index in [1.54, 1.807) is 0 Å². The first-order chi connectivity index (χ1) is 12.5. The summed E-state index contributed by atoms with van der Waals surface area (Å²) in [6, 6.07) is 4.99. The second kappa shape index (κ2) is 6.11. The van der Waals surface area contributed by atoms with Crippen molar-refractivity contribution in [3.8, 4) is 16.9 Å². The van der Waals surface area contributed by atoms with E-state index in [4.69, 9.17) is 5.11 Å². The van der Waals surface area contributed by atoms with Gasteiger partial charge in [0.2, 0.25) is 17.0 Å². The van der Waals surface area contributed by atoms with Gasteiger partial charge >= 0.3 is 12.1 Å². The summed E-state index contributed by atoms with van der Waals surface area (Å²) in [5, 5.41) is 17.8. The molecule has 2 N–H and O–H groups in total. The molecule has 0 radical (unpaired) electrons. The first-order valence-electron chi connectivity index (χ1n) is 7.42. The normalized spacial score (nSPS) is 11.7. The third kappa shape index (κ3) is 3.01. The second-order valence-corrected chi connectivity index (χ2v) is 5.74. The number of hydrogen-bond acceptors (Lipinski definition) is 4. The molecule has 5 nitrogen and oxygen atoms in total. The number of benzene rings is 2. The van der Waals surface area contributed by atoms with Crippen LogP contribution in [0, 0.1) is 12.7 Å². The highest BCUT2D eigenvalue weighted by Gasteiger charge is 2.40. The Balaban J connectivity index is 2.46. The molecule has 0 fully saturated rings. The second-order valence-electron chi connectivity index (χ2n) is 5.74. The summed E-state index contributed by atoms with van der Waals surface area (Å²) in [7, 11) is 0. The van der Waals surface area contributed by atoms with Crippen LogP contribution in [0.15, 0.2) is 39.5 Å². The van der Waals surface area contributed by atoms with Crippen LogP contribution in [0.2, 0.25) is 0 Å². The summed E-state index contributed by atoms with van der Waals surface area (Å²) in [4.78, 5) is 23.7. The zero-order valence-corrected chi connectivity index (χ0v) is 13.5. The lowest BCUT2D eigenvalue weighted by Gasteiger charge is -2.15. The highest BCUT2D eigenvalue weighted by atomic mass is 19.4. The molecular weight excluding hydrogens is 372 g/mol. The molecule has 0 unspecified atom stereocenters. The average molecular weight is 382 g/mol. The quantitative estimate of drug-likeness (QED) is 0.644. The van der Waals surface area contributed by atoms with E-state index in [9.17, 15) is 32.3 Å². The third-order valence-corrected chi connectivity index (χ3v) is 3.98. The van der Waals surface area contributed by atoms with Crippen LogP contribution in [-0.4, -0.2) is 16.2 Å². The van der Waals surface area contributed by atoms with Gasteiger partial charge in [-0.3, -0.25) is 4.79 Å². The number of phenolic OH excluding ortho intramolecular Hbond substituents is 1. The van der Waals surface area contributed by atoms with Gasteiger partial charge in [0.05, 0.1) is 16.5 Å². The van der Waals surface area contributed by atoms with Crippen LogP contribution in [0.3, 0.4) is 0 Å². The monoisotopic (exact) mass is 382 g/mol. The van der Waals surface area contributed by atoms with Crippen molar-refractivity contribution in [1.82, 2.24) is 0 Å². The van der Waals surface area contributed by atoms with Gasteiger partial charge < -0.3 is 14.6 Å². The number of aromatic carboxylic acids is 1. The van der Waals surface area contributed by atoms with Crippen LogP contribution in [-0.2, 0) is 6.18 Å². The van der Waals surface area contributed by atoms with Crippen molar-refractivity contribution in [2.75, 3.05) is 0 Å². The van der Waals surface area contributed by atoms with E-state index in [-0.39, 0.29) is 16.7 Å². The standard InChI is InChI=1S/C18H10F4O5/c1-7-6-8(17(25)26)2-3-9(7)12-14(24)10-4-5-11(23)13(19)15(10)27-16(12)18(20,21)22/h2-6,23H,1H3,(H,25,26). The van der Waals surface area contributed by atoms with Crippen LogP contribution in [0.4, 0.5) is 17.6 Å². The summed E-state index contributed by atoms with van der Waals surface area (Å²) >= 11 is 0. The van der Waals surface area contributed by atoms with Crippen LogP contribution in [0.1, 0.15) is 21.7 Å². The maximum Gasteiger partial charge on any atom is 0.450 e. The van der Waals surface area contributed by atoms with Crippen LogP contribution < -0.4 is 5.43 Å². The lowest BCUT2D eigenvalue weighted by atomic mass is 9.96. The highest BCUT2D eigenvalue weighted by molar-refractivity contribution is 5.90. The van der Waals surface area contributed by atoms with Gasteiger partial charge in [0.15, 0.2) is 11.3 Å². The fraction of sp³-hybridized carbons (Fsp3) is 0.111. The van der Waals surface area contributed by atoms with Gasteiger partial charge in [-0.15, -0.1) is 0 Å². The van der Waals surface area contributed by atoms with Gasteiger partial charge in [-0.1, -0.05) is 6.07 Å². The smallest absolute Gasteiger partial charge is 0.450 e. The minimum Gasteiger partial charge on any atom is -0.505 e. The molecule has 27 heavy (non-hydrogen) atoms. The fourth-order valence-corrected chi connectivity index (χ4v) is 2.74. The number of carboxylic acid groups (broad SMARTS) is 1. The number of alkyl halides is 3. The van der Waals surface area contributed by atoms with E-state index in [0.29, 0.717) is 0 Å². The van der Waals surface area contributed by atoms with Crippen molar-refractivity contribution in [2.24, 2.45) is 0 Å². The molecular formula is C18H10F4O5. The largest absolute Gasteiger partial charge is 0.505 e. The summed E-state index contributed by atoms with van der Waals surface area (Å²) in [5.74, 6) is -5.48. The molecule has 0 spiro atoms. The van der Waals surface area contributed by atoms with Crippen LogP contribution in [0.5, 0.6) is 5.75 Å². The Morgan fingerprint density at radius 3 is 2.37 bits per heavy atom. The SMILES string of the molecule is Cc1cc(C(=O)O)ccc1-c1c(C(F)(F)F)oc2c(F)c(O)ccc2c1=O. The van der Waals surface area contributed by atoms with Crippen molar-refractivity contribution >= 4 is 16.9 Å². The zero-order chi connectivity index (χ0) is 20.1. The van der Waals surface area contributed by atoms with E-state index in [1.807, 2.05) is 0 Å². The predicted octanol–water partition coefficient (Wildman–Crippen LogP) is 4.33. The number of fused-ring (bicyclic) bond motifs is 1. The number of aryl methyl sites for hydroxylation is 1. The first-order valence-corrected chi connectivity index (χ1v) is 7.42. The third-order valence-electron chi connectivity index (χ3n) is 3.98. The Labute approximate surface area is 148 Å². The van der Waals surface area contributed by atoms with E-state index in [2.05, 4.69) is 4.42 Å². The van der Waals surface area contributed by atoms with Gasteiger partial charge in [0, 0.05) is 0 Å². The lowest BCUT2D eigenvalue weighted by molar-refractivity contribution is -0.152. The van der Waals surface area contributed by atoms with E-state index >= 15 is 0 Å². The molecule has 1 aromatic heterocycles. The van der Waals surface area contributed by atoms with Crippen molar-refractivity contribution < 1.29 is 37.0 Å². The predicted molar refractivity (Wildman–Crippen MR) is 86.2 cm³/mol. The summed E-state index contributed by atoms with van der Waals surface area (Å²) in [6.45, 7) is 1.34. The molecule has 2 aromatic carbocycles. The number of rotatable bonds is 2. The molecule has 0 atom stereocenters. The number of halogens is 4. The Hall–Kier alpha value is -3.36. The fourth-order valence-electron chi connectivity index (χ4n) is 2.74. The number of hydrogen-bond donors (Lipinski definition) is 2. The topological polar surface area (TPSA) is 87.7 Å². The average Bonchev–Trinajstić information content (AvgIpc) is 2.57. The highest BCUT2D eigenvalue weighted by Crippen LogP contribution is 2.39. The summed E-state index contributed by atoms with van der Waals surface area (Å²) in [6.07, 6.45) is -5.14. The zero-order valence-electron chi connectivity index (χ0n) is 13.5. The van der Waals surface area contributed by atoms with E-state index in [1.165, 1.54) is 6.92 Å². The van der Waals surface area contributed by atoms with Gasteiger partial charge in [0.25, 0.3) is 0 Å². The first kappa shape index (κ1) is 18.4. The van der Waals surface area contributed by atoms with E-state index < -0.39 is 51.4 Å². The Kier molecular flexibility index (Phi) is 4.17. The Bertz CT molecular complexity index is 1150. The van der Waals surface area contributed by atoms with Gasteiger partial charge in [-0.2, -0.15) is 17.6 Å². The number of phenols is 1. The van der Waals surface area contributed by atoms with Gasteiger partial charge in [-0.05, 0) is 42.3 Å². The molecule has 0 amide bonds. The number of carboxylic acids is 1. The maximum absolute atomic E-state index is 14.0. The molecule has 0 saturated heterocycles. The molecule has 0 aliphatic heterocycles. The molecule has 0 bridgehead atoms. The van der Waals surface area contributed by atoms with Crippen molar-refractivity contribution in [3.63, 3.8) is 0 Å². The minimum absolute atomic E-state index is 0.0892.